The summed E-state index contributed by atoms with van der Waals surface area (Å²) in [7, 11) is 0.465. The van der Waals surface area contributed by atoms with Crippen molar-refractivity contribution >= 4 is 13.1 Å². The van der Waals surface area contributed by atoms with E-state index in [-0.39, 0.29) is 16.6 Å². The minimum absolute atomic E-state index is 0.0287. The van der Waals surface area contributed by atoms with Crippen LogP contribution < -0.4 is 5.23 Å². The highest BCUT2D eigenvalue weighted by Crippen LogP contribution is 2.13. The second-order valence-electron chi connectivity index (χ2n) is 5.28. The summed E-state index contributed by atoms with van der Waals surface area (Å²) in [5.41, 5.74) is 0.0662. The zero-order chi connectivity index (χ0) is 9.99. The molecule has 0 aromatic rings. The number of hydrogen-bond donors (Lipinski definition) is 1. The molecule has 0 rings (SSSR count). The second-order valence-corrected chi connectivity index (χ2v) is 5.28. The van der Waals surface area contributed by atoms with Gasteiger partial charge in [0.2, 0.25) is 0 Å². The molecule has 0 aliphatic rings. The maximum atomic E-state index is 11.4. The Balaban J connectivity index is 3.90. The summed E-state index contributed by atoms with van der Waals surface area (Å²) < 4.78 is 0. The third kappa shape index (κ3) is 5.36. The lowest BCUT2D eigenvalue weighted by atomic mass is 9.70. The van der Waals surface area contributed by atoms with Crippen LogP contribution >= 0.6 is 0 Å². The normalized spacial score (nSPS) is 12.8. The van der Waals surface area contributed by atoms with Crippen LogP contribution in [-0.2, 0) is 4.79 Å². The quantitative estimate of drug-likeness (QED) is 0.631. The number of carbonyl (C=O) groups excluding carboxylic acids is 1. The number of rotatable bonds is 2. The molecule has 0 spiro atoms. The van der Waals surface area contributed by atoms with Gasteiger partial charge in [-0.3, -0.25) is 0 Å². The van der Waals surface area contributed by atoms with Gasteiger partial charge in [-0.25, -0.2) is 0 Å². The predicted octanol–water partition coefficient (Wildman–Crippen LogP) is 1.30. The van der Waals surface area contributed by atoms with Gasteiger partial charge in [-0.1, -0.05) is 20.8 Å². The first-order valence-corrected chi connectivity index (χ1v) is 4.41. The Bertz CT molecular complexity index is 164. The average molecular weight is 169 g/mol. The molecule has 0 amide bonds. The van der Waals surface area contributed by atoms with E-state index < -0.39 is 0 Å². The standard InChI is InChI=1S/C9H20BNO/c1-8(2,3)7(12)10-11-9(4,5)6/h10-11H,1-6H3. The average Bonchev–Trinajstić information content (AvgIpc) is 1.78. The van der Waals surface area contributed by atoms with E-state index in [0.717, 1.165) is 0 Å². The van der Waals surface area contributed by atoms with Crippen molar-refractivity contribution in [3.63, 3.8) is 0 Å². The van der Waals surface area contributed by atoms with E-state index in [4.69, 9.17) is 0 Å². The zero-order valence-corrected chi connectivity index (χ0v) is 9.12. The van der Waals surface area contributed by atoms with E-state index in [2.05, 4.69) is 26.0 Å². The van der Waals surface area contributed by atoms with E-state index in [0.29, 0.717) is 7.41 Å². The second kappa shape index (κ2) is 3.61. The van der Waals surface area contributed by atoms with Crippen LogP contribution in [-0.4, -0.2) is 18.6 Å². The van der Waals surface area contributed by atoms with Gasteiger partial charge in [-0.15, -0.1) is 0 Å². The van der Waals surface area contributed by atoms with E-state index >= 15 is 0 Å². The van der Waals surface area contributed by atoms with Gasteiger partial charge in [-0.2, -0.15) is 0 Å². The largest absolute Gasteiger partial charge is 0.348 e. The summed E-state index contributed by atoms with van der Waals surface area (Å²) in [4.78, 5) is 11.4. The van der Waals surface area contributed by atoms with Crippen molar-refractivity contribution in [3.8, 4) is 0 Å². The third-order valence-corrected chi connectivity index (χ3v) is 1.62. The van der Waals surface area contributed by atoms with Crippen molar-refractivity contribution in [1.29, 1.82) is 0 Å². The molecular weight excluding hydrogens is 149 g/mol. The molecule has 12 heavy (non-hydrogen) atoms. The van der Waals surface area contributed by atoms with Crippen LogP contribution in [0.3, 0.4) is 0 Å². The predicted molar refractivity (Wildman–Crippen MR) is 54.5 cm³/mol. The van der Waals surface area contributed by atoms with Crippen molar-refractivity contribution in [2.24, 2.45) is 5.41 Å². The van der Waals surface area contributed by atoms with Gasteiger partial charge in [0, 0.05) is 5.41 Å². The minimum Gasteiger partial charge on any atom is -0.348 e. The summed E-state index contributed by atoms with van der Waals surface area (Å²) in [5, 5.41) is 3.18. The van der Waals surface area contributed by atoms with Gasteiger partial charge in [0.1, 0.15) is 5.68 Å². The highest BCUT2D eigenvalue weighted by Gasteiger charge is 2.23. The SMILES string of the molecule is CC(C)(C)NBC(=O)C(C)(C)C. The van der Waals surface area contributed by atoms with Crippen molar-refractivity contribution in [2.75, 3.05) is 0 Å². The van der Waals surface area contributed by atoms with Crippen LogP contribution in [0, 0.1) is 5.41 Å². The molecule has 0 saturated heterocycles. The maximum absolute atomic E-state index is 11.4. The maximum Gasteiger partial charge on any atom is 0.283 e. The number of nitrogens with one attached hydrogen (secondary N) is 1. The van der Waals surface area contributed by atoms with E-state index in [1.807, 2.05) is 20.8 Å². The molecule has 0 heterocycles. The van der Waals surface area contributed by atoms with Crippen molar-refractivity contribution in [1.82, 2.24) is 5.23 Å². The molecule has 0 aliphatic carbocycles. The number of carbonyl (C=O) groups is 1. The van der Waals surface area contributed by atoms with Gasteiger partial charge in [0.25, 0.3) is 7.41 Å². The fraction of sp³-hybridized carbons (Fsp3) is 0.889. The summed E-state index contributed by atoms with van der Waals surface area (Å²) in [6.45, 7) is 12.0. The van der Waals surface area contributed by atoms with Crippen molar-refractivity contribution < 1.29 is 4.79 Å². The lowest BCUT2D eigenvalue weighted by Gasteiger charge is -2.23. The number of hydrogen-bond acceptors (Lipinski definition) is 2. The molecule has 0 unspecified atom stereocenters. The van der Waals surface area contributed by atoms with Gasteiger partial charge in [0.05, 0.1) is 0 Å². The molecule has 70 valence electrons. The lowest BCUT2D eigenvalue weighted by Crippen LogP contribution is -2.45. The molecule has 0 aliphatic heterocycles. The monoisotopic (exact) mass is 169 g/mol. The molecule has 0 bridgehead atoms. The lowest BCUT2D eigenvalue weighted by molar-refractivity contribution is -0.118. The van der Waals surface area contributed by atoms with Crippen LogP contribution in [0.4, 0.5) is 0 Å². The molecular formula is C9H20BNO. The molecule has 0 aromatic carbocycles. The summed E-state index contributed by atoms with van der Waals surface area (Å²) in [5.74, 6) is 0. The first kappa shape index (κ1) is 11.7. The smallest absolute Gasteiger partial charge is 0.283 e. The van der Waals surface area contributed by atoms with Crippen LogP contribution in [0.15, 0.2) is 0 Å². The Kier molecular flexibility index (Phi) is 3.51. The molecule has 2 nitrogen and oxygen atoms in total. The Morgan fingerprint density at radius 3 is 1.75 bits per heavy atom. The van der Waals surface area contributed by atoms with E-state index in [9.17, 15) is 4.79 Å². The molecule has 0 radical (unpaired) electrons. The van der Waals surface area contributed by atoms with Gasteiger partial charge < -0.3 is 10.0 Å². The van der Waals surface area contributed by atoms with Crippen LogP contribution in [0.5, 0.6) is 0 Å². The first-order chi connectivity index (χ1) is 5.13. The highest BCUT2D eigenvalue weighted by molar-refractivity contribution is 6.72. The molecule has 0 saturated carbocycles. The third-order valence-electron chi connectivity index (χ3n) is 1.62. The van der Waals surface area contributed by atoms with Gasteiger partial charge in [-0.05, 0) is 26.3 Å². The van der Waals surface area contributed by atoms with Crippen LogP contribution in [0.1, 0.15) is 41.5 Å². The summed E-state index contributed by atoms with van der Waals surface area (Å²) in [6.07, 6.45) is 0. The van der Waals surface area contributed by atoms with Gasteiger partial charge in [0.15, 0.2) is 0 Å². The van der Waals surface area contributed by atoms with E-state index in [1.165, 1.54) is 0 Å². The van der Waals surface area contributed by atoms with Crippen LogP contribution in [0.2, 0.25) is 0 Å². The topological polar surface area (TPSA) is 29.1 Å². The Labute approximate surface area is 76.4 Å². The van der Waals surface area contributed by atoms with Crippen molar-refractivity contribution in [3.05, 3.63) is 0 Å². The molecule has 3 heteroatoms. The first-order valence-electron chi connectivity index (χ1n) is 4.41. The van der Waals surface area contributed by atoms with Gasteiger partial charge >= 0.3 is 0 Å². The fourth-order valence-corrected chi connectivity index (χ4v) is 0.611. The fourth-order valence-electron chi connectivity index (χ4n) is 0.611. The Hall–Kier alpha value is -0.305. The molecule has 0 aromatic heterocycles. The van der Waals surface area contributed by atoms with Crippen molar-refractivity contribution in [2.45, 2.75) is 47.1 Å². The van der Waals surface area contributed by atoms with Crippen LogP contribution in [0.25, 0.3) is 0 Å². The summed E-state index contributed by atoms with van der Waals surface area (Å²) in [6, 6.07) is 0. The van der Waals surface area contributed by atoms with E-state index in [1.54, 1.807) is 0 Å². The summed E-state index contributed by atoms with van der Waals surface area (Å²) >= 11 is 0. The Morgan fingerprint density at radius 2 is 1.50 bits per heavy atom. The highest BCUT2D eigenvalue weighted by atomic mass is 16.1. The minimum atomic E-state index is -0.224. The zero-order valence-electron chi connectivity index (χ0n) is 9.12. The molecule has 1 N–H and O–H groups in total. The molecule has 0 fully saturated rings. The Morgan fingerprint density at radius 1 is 1.08 bits per heavy atom. The molecule has 0 atom stereocenters.